The molecule has 2 aliphatic carbocycles. The highest BCUT2D eigenvalue weighted by molar-refractivity contribution is 6.31. The summed E-state index contributed by atoms with van der Waals surface area (Å²) in [6, 6.07) is 5.52. The quantitative estimate of drug-likeness (QED) is 0.611. The number of anilines is 1. The van der Waals surface area contributed by atoms with Crippen LogP contribution in [0.15, 0.2) is 23.4 Å². The van der Waals surface area contributed by atoms with Crippen molar-refractivity contribution in [1.29, 1.82) is 0 Å². The Hall–Kier alpha value is -1.55. The van der Waals surface area contributed by atoms with Gasteiger partial charge in [0.25, 0.3) is 0 Å². The Morgan fingerprint density at radius 1 is 1.30 bits per heavy atom. The summed E-state index contributed by atoms with van der Waals surface area (Å²) in [6.45, 7) is 8.23. The number of rotatable bonds is 2. The fourth-order valence-corrected chi connectivity index (χ4v) is 4.69. The van der Waals surface area contributed by atoms with Gasteiger partial charge >= 0.3 is 0 Å². The lowest BCUT2D eigenvalue weighted by Gasteiger charge is -2.39. The molecule has 1 aromatic carbocycles. The van der Waals surface area contributed by atoms with Gasteiger partial charge in [-0.15, -0.1) is 0 Å². The fraction of sp³-hybridized carbons (Fsp3) is 0.556. The van der Waals surface area contributed by atoms with Crippen LogP contribution in [0.4, 0.5) is 5.69 Å². The van der Waals surface area contributed by atoms with Crippen molar-refractivity contribution in [3.8, 4) is 0 Å². The third-order valence-corrected chi connectivity index (χ3v) is 7.21. The van der Waals surface area contributed by atoms with Crippen LogP contribution in [0.5, 0.6) is 0 Å². The lowest BCUT2D eigenvalue weighted by molar-refractivity contribution is -0.130. The molecule has 2 unspecified atom stereocenters. The molecule has 124 valence electrons. The molecule has 0 spiro atoms. The summed E-state index contributed by atoms with van der Waals surface area (Å²) in [4.78, 5) is 13.2. The fourth-order valence-electron chi connectivity index (χ4n) is 4.52. The standard InChI is InChI=1S/C18H23ClN2O2/c1-11-12(19)6-5-7-13(11)20-15(22)18-9-8-17(4,16(18,2)3)14(10-18)21-23/h5-7,23H,8-10H2,1-4H3,(H,20,22). The highest BCUT2D eigenvalue weighted by atomic mass is 35.5. The predicted molar refractivity (Wildman–Crippen MR) is 92.2 cm³/mol. The van der Waals surface area contributed by atoms with E-state index in [1.54, 1.807) is 0 Å². The van der Waals surface area contributed by atoms with E-state index >= 15 is 0 Å². The van der Waals surface area contributed by atoms with E-state index in [9.17, 15) is 10.0 Å². The summed E-state index contributed by atoms with van der Waals surface area (Å²) >= 11 is 6.15. The number of hydrogen-bond acceptors (Lipinski definition) is 3. The molecular formula is C18H23ClN2O2. The normalized spacial score (nSPS) is 33.2. The molecule has 5 heteroatoms. The van der Waals surface area contributed by atoms with E-state index in [2.05, 4.69) is 31.2 Å². The number of benzene rings is 1. The van der Waals surface area contributed by atoms with Gasteiger partial charge in [0.05, 0.1) is 11.1 Å². The molecule has 0 radical (unpaired) electrons. The summed E-state index contributed by atoms with van der Waals surface area (Å²) in [5.74, 6) is -0.00441. The van der Waals surface area contributed by atoms with E-state index in [4.69, 9.17) is 11.6 Å². The number of hydrogen-bond donors (Lipinski definition) is 2. The number of carbonyl (C=O) groups is 1. The number of fused-ring (bicyclic) bond motifs is 2. The zero-order chi connectivity index (χ0) is 17.0. The maximum Gasteiger partial charge on any atom is 0.231 e. The van der Waals surface area contributed by atoms with Crippen molar-refractivity contribution in [2.24, 2.45) is 21.4 Å². The van der Waals surface area contributed by atoms with Crippen LogP contribution in [0.25, 0.3) is 0 Å². The first-order valence-electron chi connectivity index (χ1n) is 7.97. The second-order valence-corrected chi connectivity index (χ2v) is 8.04. The molecule has 2 saturated carbocycles. The molecule has 0 aromatic heterocycles. The van der Waals surface area contributed by atoms with Crippen LogP contribution < -0.4 is 5.32 Å². The Kier molecular flexibility index (Phi) is 3.53. The molecule has 2 atom stereocenters. The zero-order valence-electron chi connectivity index (χ0n) is 14.0. The minimum Gasteiger partial charge on any atom is -0.411 e. The molecular weight excluding hydrogens is 312 g/mol. The van der Waals surface area contributed by atoms with Crippen LogP contribution >= 0.6 is 11.6 Å². The van der Waals surface area contributed by atoms with Crippen LogP contribution in [0.2, 0.25) is 5.02 Å². The van der Waals surface area contributed by atoms with Gasteiger partial charge < -0.3 is 10.5 Å². The molecule has 0 aliphatic heterocycles. The van der Waals surface area contributed by atoms with E-state index in [1.807, 2.05) is 25.1 Å². The van der Waals surface area contributed by atoms with Gasteiger partial charge in [-0.2, -0.15) is 0 Å². The van der Waals surface area contributed by atoms with E-state index in [0.717, 1.165) is 29.8 Å². The van der Waals surface area contributed by atoms with Gasteiger partial charge in [0.15, 0.2) is 0 Å². The van der Waals surface area contributed by atoms with Gasteiger partial charge in [-0.3, -0.25) is 4.79 Å². The summed E-state index contributed by atoms with van der Waals surface area (Å²) in [5.41, 5.74) is 1.31. The van der Waals surface area contributed by atoms with Crippen molar-refractivity contribution in [3.05, 3.63) is 28.8 Å². The molecule has 0 saturated heterocycles. The maximum atomic E-state index is 13.2. The van der Waals surface area contributed by atoms with Gasteiger partial charge in [-0.1, -0.05) is 43.6 Å². The highest BCUT2D eigenvalue weighted by Crippen LogP contribution is 2.71. The molecule has 4 nitrogen and oxygen atoms in total. The van der Waals surface area contributed by atoms with Gasteiger partial charge in [0.1, 0.15) is 0 Å². The smallest absolute Gasteiger partial charge is 0.231 e. The lowest BCUT2D eigenvalue weighted by atomic mass is 9.64. The Labute approximate surface area is 141 Å². The van der Waals surface area contributed by atoms with Gasteiger partial charge in [0.2, 0.25) is 5.91 Å². The van der Waals surface area contributed by atoms with Crippen LogP contribution in [-0.4, -0.2) is 16.8 Å². The van der Waals surface area contributed by atoms with Crippen molar-refractivity contribution >= 4 is 28.9 Å². The Bertz CT molecular complexity index is 713. The van der Waals surface area contributed by atoms with Crippen LogP contribution in [0.3, 0.4) is 0 Å². The first-order chi connectivity index (χ1) is 10.7. The average Bonchev–Trinajstić information content (AvgIpc) is 2.81. The number of nitrogens with zero attached hydrogens (tertiary/aromatic N) is 1. The van der Waals surface area contributed by atoms with Crippen molar-refractivity contribution in [3.63, 3.8) is 0 Å². The third kappa shape index (κ3) is 1.90. The topological polar surface area (TPSA) is 61.7 Å². The average molecular weight is 335 g/mol. The molecule has 1 amide bonds. The minimum absolute atomic E-state index is 0.00441. The molecule has 2 aliphatic rings. The third-order valence-electron chi connectivity index (χ3n) is 6.81. The molecule has 2 fully saturated rings. The SMILES string of the molecule is Cc1c(Cl)cccc1NC(=O)C12CCC(C)(C(=NO)C1)C2(C)C. The lowest BCUT2D eigenvalue weighted by Crippen LogP contribution is -2.43. The monoisotopic (exact) mass is 334 g/mol. The van der Waals surface area contributed by atoms with Gasteiger partial charge in [-0.25, -0.2) is 0 Å². The Morgan fingerprint density at radius 3 is 2.61 bits per heavy atom. The second-order valence-electron chi connectivity index (χ2n) is 7.63. The first-order valence-corrected chi connectivity index (χ1v) is 8.35. The maximum absolute atomic E-state index is 13.2. The highest BCUT2D eigenvalue weighted by Gasteiger charge is 2.71. The van der Waals surface area contributed by atoms with E-state index in [1.165, 1.54) is 0 Å². The molecule has 2 N–H and O–H groups in total. The number of amides is 1. The summed E-state index contributed by atoms with van der Waals surface area (Å²) in [7, 11) is 0. The Balaban J connectivity index is 1.98. The summed E-state index contributed by atoms with van der Waals surface area (Å²) in [6.07, 6.45) is 2.18. The van der Waals surface area contributed by atoms with Crippen LogP contribution in [-0.2, 0) is 4.79 Å². The van der Waals surface area contributed by atoms with Gasteiger partial charge in [0, 0.05) is 22.5 Å². The molecule has 0 heterocycles. The summed E-state index contributed by atoms with van der Waals surface area (Å²) in [5, 5.41) is 16.6. The largest absolute Gasteiger partial charge is 0.411 e. The number of oxime groups is 1. The first kappa shape index (κ1) is 16.3. The molecule has 2 bridgehead atoms. The van der Waals surface area contributed by atoms with E-state index in [-0.39, 0.29) is 16.7 Å². The van der Waals surface area contributed by atoms with Gasteiger partial charge in [-0.05, 0) is 42.9 Å². The minimum atomic E-state index is -0.544. The van der Waals surface area contributed by atoms with Crippen molar-refractivity contribution < 1.29 is 10.0 Å². The number of nitrogens with one attached hydrogen (secondary N) is 1. The zero-order valence-corrected chi connectivity index (χ0v) is 14.8. The Morgan fingerprint density at radius 2 is 2.00 bits per heavy atom. The molecule has 1 aromatic rings. The molecule has 3 rings (SSSR count). The van der Waals surface area contributed by atoms with E-state index < -0.39 is 5.41 Å². The molecule has 23 heavy (non-hydrogen) atoms. The van der Waals surface area contributed by atoms with Crippen molar-refractivity contribution in [2.45, 2.75) is 47.0 Å². The van der Waals surface area contributed by atoms with Crippen LogP contribution in [0, 0.1) is 23.2 Å². The van der Waals surface area contributed by atoms with Crippen molar-refractivity contribution in [2.75, 3.05) is 5.32 Å². The number of halogens is 1. The predicted octanol–water partition coefficient (Wildman–Crippen LogP) is 4.63. The summed E-state index contributed by atoms with van der Waals surface area (Å²) < 4.78 is 0. The second kappa shape index (κ2) is 4.97. The van der Waals surface area contributed by atoms with E-state index in [0.29, 0.717) is 11.4 Å². The van der Waals surface area contributed by atoms with Crippen LogP contribution in [0.1, 0.15) is 45.6 Å². The number of carbonyl (C=O) groups excluding carboxylic acids is 1. The van der Waals surface area contributed by atoms with Crippen molar-refractivity contribution in [1.82, 2.24) is 0 Å².